The molecule has 2 atom stereocenters. The molecule has 0 saturated carbocycles. The van der Waals surface area contributed by atoms with Crippen molar-refractivity contribution in [3.8, 4) is 5.75 Å². The number of urea groups is 1. The molecule has 0 spiro atoms. The van der Waals surface area contributed by atoms with Crippen molar-refractivity contribution in [3.63, 3.8) is 0 Å². The largest absolute Gasteiger partial charge is 0.490 e. The van der Waals surface area contributed by atoms with Gasteiger partial charge in [0.1, 0.15) is 6.33 Å². The second kappa shape index (κ2) is 9.35. The fraction of sp³-hybridized carbons (Fsp3) is 0.320. The van der Waals surface area contributed by atoms with Crippen LogP contribution in [0.15, 0.2) is 55.0 Å². The Balaban J connectivity index is 1.36. The van der Waals surface area contributed by atoms with Gasteiger partial charge in [-0.05, 0) is 42.2 Å². The molecule has 5 rings (SSSR count). The third-order valence-corrected chi connectivity index (χ3v) is 6.54. The van der Waals surface area contributed by atoms with Gasteiger partial charge in [0.15, 0.2) is 11.6 Å². The van der Waals surface area contributed by atoms with Crippen LogP contribution in [0, 0.1) is 5.82 Å². The van der Waals surface area contributed by atoms with Gasteiger partial charge in [-0.15, -0.1) is 0 Å². The van der Waals surface area contributed by atoms with Crippen molar-refractivity contribution in [1.82, 2.24) is 20.2 Å². The molecular formula is C25H24ClFN4O2. The summed E-state index contributed by atoms with van der Waals surface area (Å²) in [5.41, 5.74) is 3.63. The van der Waals surface area contributed by atoms with E-state index < -0.39 is 5.82 Å². The Kier molecular flexibility index (Phi) is 6.13. The van der Waals surface area contributed by atoms with E-state index in [0.29, 0.717) is 36.6 Å². The Labute approximate surface area is 196 Å². The van der Waals surface area contributed by atoms with Crippen LogP contribution in [0.1, 0.15) is 53.7 Å². The molecule has 1 fully saturated rings. The number of carbonyl (C=O) groups is 1. The molecule has 0 radical (unpaired) electrons. The van der Waals surface area contributed by atoms with Crippen LogP contribution in [0.4, 0.5) is 9.18 Å². The predicted octanol–water partition coefficient (Wildman–Crippen LogP) is 5.23. The number of ether oxygens (including phenoxy) is 1. The molecule has 170 valence electrons. The number of likely N-dealkylation sites (tertiary alicyclic amines) is 1. The van der Waals surface area contributed by atoms with Gasteiger partial charge in [0.2, 0.25) is 0 Å². The first kappa shape index (κ1) is 21.6. The number of hydrogen-bond donors (Lipinski definition) is 1. The van der Waals surface area contributed by atoms with Gasteiger partial charge in [-0.2, -0.15) is 0 Å². The van der Waals surface area contributed by atoms with Crippen LogP contribution in [0.25, 0.3) is 0 Å². The predicted molar refractivity (Wildman–Crippen MR) is 123 cm³/mol. The van der Waals surface area contributed by atoms with Gasteiger partial charge >= 0.3 is 6.03 Å². The minimum absolute atomic E-state index is 0.137. The Morgan fingerprint density at radius 1 is 1.21 bits per heavy atom. The summed E-state index contributed by atoms with van der Waals surface area (Å²) >= 11 is 6.02. The number of hydrogen-bond acceptors (Lipinski definition) is 4. The second-order valence-corrected chi connectivity index (χ2v) is 8.82. The standard InChI is InChI=1S/C25H24ClFN4O2/c26-18-8-6-16(7-9-18)13-17-14-28-15-29-23(17)22-5-2-11-31(22)25(32)30-21-10-12-33-24-19(21)3-1-4-20(24)27/h1,3-4,6-9,14-15,21-22H,2,5,10-13H2,(H,30,32)/t21-,22+/m0/s1. The number of nitrogens with zero attached hydrogens (tertiary/aromatic N) is 3. The molecule has 1 aromatic heterocycles. The highest BCUT2D eigenvalue weighted by atomic mass is 35.5. The Morgan fingerprint density at radius 2 is 2.06 bits per heavy atom. The maximum absolute atomic E-state index is 14.1. The number of rotatable bonds is 4. The molecule has 2 amide bonds. The highest BCUT2D eigenvalue weighted by Gasteiger charge is 2.34. The van der Waals surface area contributed by atoms with Crippen molar-refractivity contribution in [3.05, 3.63) is 88.2 Å². The maximum atomic E-state index is 14.1. The molecular weight excluding hydrogens is 443 g/mol. The zero-order valence-corrected chi connectivity index (χ0v) is 18.8. The lowest BCUT2D eigenvalue weighted by Crippen LogP contribution is -2.42. The Morgan fingerprint density at radius 3 is 2.91 bits per heavy atom. The van der Waals surface area contributed by atoms with E-state index in [4.69, 9.17) is 16.3 Å². The average molecular weight is 467 g/mol. The Hall–Kier alpha value is -3.19. The summed E-state index contributed by atoms with van der Waals surface area (Å²) in [5.74, 6) is -0.175. The number of benzene rings is 2. The minimum Gasteiger partial charge on any atom is -0.490 e. The van der Waals surface area contributed by atoms with E-state index in [1.165, 1.54) is 12.4 Å². The molecule has 0 unspecified atom stereocenters. The smallest absolute Gasteiger partial charge is 0.318 e. The van der Waals surface area contributed by atoms with Gasteiger partial charge in [0.25, 0.3) is 0 Å². The highest BCUT2D eigenvalue weighted by molar-refractivity contribution is 6.30. The van der Waals surface area contributed by atoms with Gasteiger partial charge in [0, 0.05) is 36.2 Å². The number of para-hydroxylation sites is 1. The molecule has 6 nitrogen and oxygen atoms in total. The summed E-state index contributed by atoms with van der Waals surface area (Å²) in [6.07, 6.45) is 6.33. The van der Waals surface area contributed by atoms with Crippen molar-refractivity contribution in [2.24, 2.45) is 0 Å². The van der Waals surface area contributed by atoms with Crippen LogP contribution < -0.4 is 10.1 Å². The third-order valence-electron chi connectivity index (χ3n) is 6.28. The second-order valence-electron chi connectivity index (χ2n) is 8.39. The summed E-state index contributed by atoms with van der Waals surface area (Å²) in [6, 6.07) is 11.9. The van der Waals surface area contributed by atoms with Crippen molar-refractivity contribution in [2.45, 2.75) is 37.8 Å². The van der Waals surface area contributed by atoms with Crippen LogP contribution in [0.2, 0.25) is 5.02 Å². The van der Waals surface area contributed by atoms with E-state index in [0.717, 1.165) is 29.7 Å². The molecule has 1 N–H and O–H groups in total. The van der Waals surface area contributed by atoms with Crippen molar-refractivity contribution >= 4 is 17.6 Å². The zero-order chi connectivity index (χ0) is 22.8. The van der Waals surface area contributed by atoms with Gasteiger partial charge in [-0.3, -0.25) is 0 Å². The van der Waals surface area contributed by atoms with Crippen LogP contribution in [0.5, 0.6) is 5.75 Å². The quantitative estimate of drug-likeness (QED) is 0.571. The summed E-state index contributed by atoms with van der Waals surface area (Å²) in [5, 5.41) is 3.79. The number of fused-ring (bicyclic) bond motifs is 1. The van der Waals surface area contributed by atoms with E-state index in [9.17, 15) is 9.18 Å². The lowest BCUT2D eigenvalue weighted by Gasteiger charge is -2.31. The number of nitrogens with one attached hydrogen (secondary N) is 1. The lowest BCUT2D eigenvalue weighted by atomic mass is 9.99. The van der Waals surface area contributed by atoms with Crippen LogP contribution in [0.3, 0.4) is 0 Å². The van der Waals surface area contributed by atoms with Crippen molar-refractivity contribution < 1.29 is 13.9 Å². The first-order valence-corrected chi connectivity index (χ1v) is 11.5. The monoisotopic (exact) mass is 466 g/mol. The van der Waals surface area contributed by atoms with E-state index in [2.05, 4.69) is 15.3 Å². The number of amides is 2. The van der Waals surface area contributed by atoms with Crippen LogP contribution in [-0.2, 0) is 6.42 Å². The van der Waals surface area contributed by atoms with Crippen molar-refractivity contribution in [1.29, 1.82) is 0 Å². The fourth-order valence-corrected chi connectivity index (χ4v) is 4.81. The molecule has 3 heterocycles. The lowest BCUT2D eigenvalue weighted by molar-refractivity contribution is 0.179. The summed E-state index contributed by atoms with van der Waals surface area (Å²) in [7, 11) is 0. The topological polar surface area (TPSA) is 67.3 Å². The number of aromatic nitrogens is 2. The van der Waals surface area contributed by atoms with Gasteiger partial charge in [-0.1, -0.05) is 35.9 Å². The van der Waals surface area contributed by atoms with E-state index in [1.807, 2.05) is 35.4 Å². The van der Waals surface area contributed by atoms with Crippen molar-refractivity contribution in [2.75, 3.05) is 13.2 Å². The van der Waals surface area contributed by atoms with Gasteiger partial charge in [0.05, 0.1) is 24.4 Å². The summed E-state index contributed by atoms with van der Waals surface area (Å²) in [4.78, 5) is 24.0. The van der Waals surface area contributed by atoms with Gasteiger partial charge in [-0.25, -0.2) is 19.2 Å². The molecule has 3 aromatic rings. The third kappa shape index (κ3) is 4.50. The van der Waals surface area contributed by atoms with Crippen LogP contribution in [-0.4, -0.2) is 34.1 Å². The molecule has 2 aliphatic heterocycles. The minimum atomic E-state index is -0.404. The zero-order valence-electron chi connectivity index (χ0n) is 18.0. The molecule has 2 aliphatic rings. The molecule has 1 saturated heterocycles. The first-order valence-electron chi connectivity index (χ1n) is 11.1. The van der Waals surface area contributed by atoms with Crippen LogP contribution >= 0.6 is 11.6 Å². The Bertz CT molecular complexity index is 1160. The molecule has 8 heteroatoms. The normalized spacial score (nSPS) is 19.6. The summed E-state index contributed by atoms with van der Waals surface area (Å²) < 4.78 is 19.6. The molecule has 33 heavy (non-hydrogen) atoms. The summed E-state index contributed by atoms with van der Waals surface area (Å²) in [6.45, 7) is 1.000. The fourth-order valence-electron chi connectivity index (χ4n) is 4.69. The van der Waals surface area contributed by atoms with E-state index >= 15 is 0 Å². The maximum Gasteiger partial charge on any atom is 0.318 e. The molecule has 2 aromatic carbocycles. The molecule has 0 bridgehead atoms. The van der Waals surface area contributed by atoms with Gasteiger partial charge < -0.3 is 15.0 Å². The highest BCUT2D eigenvalue weighted by Crippen LogP contribution is 2.36. The number of halogens is 2. The number of carbonyl (C=O) groups excluding carboxylic acids is 1. The molecule has 0 aliphatic carbocycles. The van der Waals surface area contributed by atoms with E-state index in [-0.39, 0.29) is 23.9 Å². The first-order chi connectivity index (χ1) is 16.1. The van der Waals surface area contributed by atoms with E-state index in [1.54, 1.807) is 12.1 Å². The average Bonchev–Trinajstić information content (AvgIpc) is 3.32. The SMILES string of the molecule is O=C(N[C@H]1CCOc2c(F)cccc21)N1CCC[C@@H]1c1ncncc1Cc1ccc(Cl)cc1.